The van der Waals surface area contributed by atoms with Crippen LogP contribution in [-0.4, -0.2) is 23.4 Å². The largest absolute Gasteiger partial charge is 0.483 e. The van der Waals surface area contributed by atoms with E-state index in [9.17, 15) is 14.0 Å². The van der Waals surface area contributed by atoms with Crippen molar-refractivity contribution in [1.29, 1.82) is 0 Å². The molecule has 7 nitrogen and oxygen atoms in total. The monoisotopic (exact) mass is 459 g/mol. The van der Waals surface area contributed by atoms with Crippen molar-refractivity contribution in [2.24, 2.45) is 0 Å². The summed E-state index contributed by atoms with van der Waals surface area (Å²) in [4.78, 5) is 28.3. The Labute approximate surface area is 195 Å². The number of aromatic nitrogens is 1. The minimum atomic E-state index is -0.495. The maximum absolute atomic E-state index is 13.0. The first-order valence-corrected chi connectivity index (χ1v) is 10.6. The molecule has 0 saturated carbocycles. The van der Waals surface area contributed by atoms with Gasteiger partial charge in [0.25, 0.3) is 5.91 Å². The molecule has 2 amide bonds. The molecule has 172 valence electrons. The molecule has 4 rings (SSSR count). The van der Waals surface area contributed by atoms with E-state index in [-0.39, 0.29) is 25.3 Å². The summed E-state index contributed by atoms with van der Waals surface area (Å²) < 4.78 is 24.3. The summed E-state index contributed by atoms with van der Waals surface area (Å²) in [6.07, 6.45) is 1.82. The van der Waals surface area contributed by atoms with Crippen LogP contribution >= 0.6 is 0 Å². The number of hydrazine groups is 1. The summed E-state index contributed by atoms with van der Waals surface area (Å²) in [5.41, 5.74) is 7.21. The maximum Gasteiger partial charge on any atom is 0.276 e. The Balaban J connectivity index is 1.22. The Morgan fingerprint density at radius 1 is 0.853 bits per heavy atom. The lowest BCUT2D eigenvalue weighted by atomic mass is 10.1. The number of carbonyl (C=O) groups is 2. The molecule has 0 saturated heterocycles. The van der Waals surface area contributed by atoms with Gasteiger partial charge in [-0.25, -0.2) is 9.37 Å². The van der Waals surface area contributed by atoms with Crippen LogP contribution in [0.1, 0.15) is 12.3 Å². The van der Waals surface area contributed by atoms with Gasteiger partial charge in [-0.15, -0.1) is 0 Å². The van der Waals surface area contributed by atoms with Gasteiger partial charge in [0.1, 0.15) is 11.6 Å². The van der Waals surface area contributed by atoms with Gasteiger partial charge in [-0.3, -0.25) is 20.4 Å². The molecule has 0 aliphatic carbocycles. The first-order valence-electron chi connectivity index (χ1n) is 10.6. The predicted octanol–water partition coefficient (Wildman–Crippen LogP) is 4.31. The molecule has 0 spiro atoms. The number of hydrogen-bond acceptors (Lipinski definition) is 5. The average Bonchev–Trinajstić information content (AvgIpc) is 3.35. The topological polar surface area (TPSA) is 93.5 Å². The Kier molecular flexibility index (Phi) is 7.29. The number of rotatable bonds is 8. The molecule has 34 heavy (non-hydrogen) atoms. The molecule has 1 aromatic heterocycles. The van der Waals surface area contributed by atoms with Gasteiger partial charge in [0, 0.05) is 24.0 Å². The lowest BCUT2D eigenvalue weighted by Crippen LogP contribution is -2.43. The number of carbonyl (C=O) groups excluding carboxylic acids is 2. The molecule has 0 bridgehead atoms. The van der Waals surface area contributed by atoms with E-state index in [1.165, 1.54) is 18.3 Å². The van der Waals surface area contributed by atoms with Crippen molar-refractivity contribution in [3.05, 3.63) is 96.8 Å². The van der Waals surface area contributed by atoms with Gasteiger partial charge in [-0.2, -0.15) is 0 Å². The van der Waals surface area contributed by atoms with Crippen molar-refractivity contribution in [1.82, 2.24) is 15.8 Å². The minimum Gasteiger partial charge on any atom is -0.483 e. The fourth-order valence-electron chi connectivity index (χ4n) is 3.22. The van der Waals surface area contributed by atoms with Crippen LogP contribution in [0.5, 0.6) is 5.75 Å². The van der Waals surface area contributed by atoms with Gasteiger partial charge in [0.05, 0.1) is 6.20 Å². The number of amides is 2. The van der Waals surface area contributed by atoms with E-state index in [1.807, 2.05) is 48.5 Å². The van der Waals surface area contributed by atoms with Gasteiger partial charge < -0.3 is 9.15 Å². The van der Waals surface area contributed by atoms with Crippen LogP contribution in [-0.2, 0) is 16.0 Å². The summed E-state index contributed by atoms with van der Waals surface area (Å²) in [6, 6.07) is 22.9. The highest BCUT2D eigenvalue weighted by Crippen LogP contribution is 2.29. The van der Waals surface area contributed by atoms with Gasteiger partial charge in [-0.1, -0.05) is 48.5 Å². The molecule has 0 fully saturated rings. The normalized spacial score (nSPS) is 10.5. The zero-order chi connectivity index (χ0) is 23.8. The maximum atomic E-state index is 13.0. The summed E-state index contributed by atoms with van der Waals surface area (Å²) in [5, 5.41) is 0. The molecule has 0 aliphatic heterocycles. The Morgan fingerprint density at radius 3 is 2.35 bits per heavy atom. The lowest BCUT2D eigenvalue weighted by Gasteiger charge is -2.12. The Bertz CT molecular complexity index is 1260. The molecule has 1 heterocycles. The van der Waals surface area contributed by atoms with Crippen molar-refractivity contribution in [3.8, 4) is 28.2 Å². The third-order valence-corrected chi connectivity index (χ3v) is 4.92. The van der Waals surface area contributed by atoms with Crippen LogP contribution in [0.4, 0.5) is 4.39 Å². The highest BCUT2D eigenvalue weighted by molar-refractivity contribution is 5.83. The van der Waals surface area contributed by atoms with E-state index in [4.69, 9.17) is 9.15 Å². The average molecular weight is 459 g/mol. The first kappa shape index (κ1) is 22.7. The van der Waals surface area contributed by atoms with Gasteiger partial charge in [0.2, 0.25) is 5.91 Å². The molecule has 0 unspecified atom stereocenters. The molecule has 4 aromatic rings. The minimum absolute atomic E-state index is 0.0569. The summed E-state index contributed by atoms with van der Waals surface area (Å²) >= 11 is 0. The number of nitrogens with zero attached hydrogens (tertiary/aromatic N) is 1. The van der Waals surface area contributed by atoms with Crippen molar-refractivity contribution in [2.75, 3.05) is 6.61 Å². The number of oxazole rings is 1. The van der Waals surface area contributed by atoms with E-state index >= 15 is 0 Å². The van der Waals surface area contributed by atoms with Crippen LogP contribution in [0.25, 0.3) is 22.5 Å². The van der Waals surface area contributed by atoms with Gasteiger partial charge >= 0.3 is 0 Å². The van der Waals surface area contributed by atoms with Crippen molar-refractivity contribution in [2.45, 2.75) is 12.8 Å². The lowest BCUT2D eigenvalue weighted by molar-refractivity contribution is -0.130. The summed E-state index contributed by atoms with van der Waals surface area (Å²) in [6.45, 7) is -0.259. The zero-order valence-corrected chi connectivity index (χ0v) is 18.2. The molecule has 2 N–H and O–H groups in total. The van der Waals surface area contributed by atoms with Crippen LogP contribution in [0, 0.1) is 5.82 Å². The number of para-hydroxylation sites is 1. The standard InChI is InChI=1S/C26H22FN3O4/c27-20-12-10-19(11-13-20)23-16-28-26(34-23)15-14-24(31)29-30-25(32)17-33-22-9-5-4-8-21(22)18-6-2-1-3-7-18/h1-13,16H,14-15,17H2,(H,29,31)(H,30,32). The van der Waals surface area contributed by atoms with E-state index in [0.29, 0.717) is 23.0 Å². The van der Waals surface area contributed by atoms with Crippen LogP contribution in [0.2, 0.25) is 0 Å². The Hall–Kier alpha value is -4.46. The SMILES string of the molecule is O=C(CCc1ncc(-c2ccc(F)cc2)o1)NNC(=O)COc1ccccc1-c1ccccc1. The number of hydrogen-bond donors (Lipinski definition) is 2. The number of aryl methyl sites for hydroxylation is 1. The van der Waals surface area contributed by atoms with Crippen molar-refractivity contribution >= 4 is 11.8 Å². The van der Waals surface area contributed by atoms with Gasteiger partial charge in [0.15, 0.2) is 18.3 Å². The Morgan fingerprint density at radius 2 is 1.56 bits per heavy atom. The molecule has 3 aromatic carbocycles. The highest BCUT2D eigenvalue weighted by atomic mass is 19.1. The van der Waals surface area contributed by atoms with E-state index < -0.39 is 11.8 Å². The molecular formula is C26H22FN3O4. The summed E-state index contributed by atoms with van der Waals surface area (Å²) in [5.74, 6) is 0.174. The quantitative estimate of drug-likeness (QED) is 0.383. The number of nitrogens with one attached hydrogen (secondary N) is 2. The molecule has 0 atom stereocenters. The molecular weight excluding hydrogens is 437 g/mol. The van der Waals surface area contributed by atoms with Crippen LogP contribution < -0.4 is 15.6 Å². The predicted molar refractivity (Wildman–Crippen MR) is 124 cm³/mol. The van der Waals surface area contributed by atoms with Crippen LogP contribution in [0.3, 0.4) is 0 Å². The highest BCUT2D eigenvalue weighted by Gasteiger charge is 2.11. The van der Waals surface area contributed by atoms with Crippen LogP contribution in [0.15, 0.2) is 89.5 Å². The molecule has 8 heteroatoms. The van der Waals surface area contributed by atoms with E-state index in [2.05, 4.69) is 15.8 Å². The fourth-order valence-corrected chi connectivity index (χ4v) is 3.22. The second kappa shape index (κ2) is 10.9. The van der Waals surface area contributed by atoms with Crippen molar-refractivity contribution < 1.29 is 23.1 Å². The second-order valence-electron chi connectivity index (χ2n) is 7.37. The third kappa shape index (κ3) is 6.07. The zero-order valence-electron chi connectivity index (χ0n) is 18.2. The third-order valence-electron chi connectivity index (χ3n) is 4.92. The van der Waals surface area contributed by atoms with Crippen molar-refractivity contribution in [3.63, 3.8) is 0 Å². The fraction of sp³-hybridized carbons (Fsp3) is 0.115. The molecule has 0 radical (unpaired) electrons. The van der Waals surface area contributed by atoms with E-state index in [0.717, 1.165) is 11.1 Å². The number of benzene rings is 3. The first-order chi connectivity index (χ1) is 16.6. The number of halogens is 1. The smallest absolute Gasteiger partial charge is 0.276 e. The number of ether oxygens (including phenoxy) is 1. The van der Waals surface area contributed by atoms with E-state index in [1.54, 1.807) is 18.2 Å². The summed E-state index contributed by atoms with van der Waals surface area (Å²) in [7, 11) is 0. The van der Waals surface area contributed by atoms with Gasteiger partial charge in [-0.05, 0) is 35.9 Å². The molecule has 0 aliphatic rings. The second-order valence-corrected chi connectivity index (χ2v) is 7.37.